The first-order valence-electron chi connectivity index (χ1n) is 7.10. The average Bonchev–Trinajstić information content (AvgIpc) is 2.92. The highest BCUT2D eigenvalue weighted by Gasteiger charge is 2.09. The number of carboxylic acid groups (broad SMARTS) is 1. The van der Waals surface area contributed by atoms with Crippen molar-refractivity contribution in [1.82, 2.24) is 4.90 Å². The van der Waals surface area contributed by atoms with Gasteiger partial charge in [0.15, 0.2) is 0 Å². The Morgan fingerprint density at radius 2 is 1.91 bits per heavy atom. The van der Waals surface area contributed by atoms with E-state index in [-0.39, 0.29) is 12.6 Å². The molecule has 0 aliphatic carbocycles. The molecule has 1 atom stereocenters. The molecule has 0 fully saturated rings. The third-order valence-corrected chi connectivity index (χ3v) is 4.36. The fourth-order valence-corrected chi connectivity index (χ4v) is 3.06. The van der Waals surface area contributed by atoms with Gasteiger partial charge in [-0.2, -0.15) is 0 Å². The number of nitrogens with zero attached hydrogens (tertiary/aromatic N) is 1. The Hall–Kier alpha value is -1.69. The molecule has 0 aliphatic heterocycles. The Bertz CT molecular complexity index is 542. The number of thiophene rings is 1. The second-order valence-corrected chi connectivity index (χ2v) is 6.09. The highest BCUT2D eigenvalue weighted by Crippen LogP contribution is 2.19. The van der Waals surface area contributed by atoms with Crippen molar-refractivity contribution in [2.75, 3.05) is 13.6 Å². The number of carbonyl (C=O) groups is 1. The lowest BCUT2D eigenvalue weighted by atomic mass is 10.1. The summed E-state index contributed by atoms with van der Waals surface area (Å²) in [7, 11) is 2.11. The molecule has 22 heavy (non-hydrogen) atoms. The summed E-state index contributed by atoms with van der Waals surface area (Å²) >= 11 is 1.80. The normalized spacial score (nSPS) is 11.6. The molecule has 0 saturated heterocycles. The van der Waals surface area contributed by atoms with Gasteiger partial charge in [-0.3, -0.25) is 4.79 Å². The van der Waals surface area contributed by atoms with Crippen LogP contribution in [0.3, 0.4) is 0 Å². The van der Waals surface area contributed by atoms with E-state index in [1.54, 1.807) is 11.3 Å². The van der Waals surface area contributed by atoms with E-state index in [9.17, 15) is 5.11 Å². The van der Waals surface area contributed by atoms with Gasteiger partial charge in [0.05, 0.1) is 6.10 Å². The lowest BCUT2D eigenvalue weighted by Gasteiger charge is -2.18. The zero-order valence-corrected chi connectivity index (χ0v) is 13.8. The van der Waals surface area contributed by atoms with E-state index in [1.807, 2.05) is 30.3 Å². The third-order valence-electron chi connectivity index (χ3n) is 3.35. The van der Waals surface area contributed by atoms with Crippen LogP contribution in [0.15, 0.2) is 41.8 Å². The summed E-state index contributed by atoms with van der Waals surface area (Å²) in [6.45, 7) is 3.76. The number of aliphatic hydroxyl groups is 1. The summed E-state index contributed by atoms with van der Waals surface area (Å²) in [6, 6.07) is 12.0. The van der Waals surface area contributed by atoms with E-state index < -0.39 is 0 Å². The molecule has 1 heterocycles. The van der Waals surface area contributed by atoms with Gasteiger partial charge in [-0.05, 0) is 43.0 Å². The molecule has 4 nitrogen and oxygen atoms in total. The predicted octanol–water partition coefficient (Wildman–Crippen LogP) is 3.31. The maximum absolute atomic E-state index is 10.1. The SMILES string of the molecule is Cc1ccsc1CN(C)CC[C@H](O)c1ccccc1.O=CO. The van der Waals surface area contributed by atoms with Crippen LogP contribution in [0.4, 0.5) is 0 Å². The smallest absolute Gasteiger partial charge is 0.290 e. The Kier molecular flexibility index (Phi) is 8.43. The molecule has 2 N–H and O–H groups in total. The van der Waals surface area contributed by atoms with Crippen LogP contribution in [0.25, 0.3) is 0 Å². The third kappa shape index (κ3) is 6.39. The monoisotopic (exact) mass is 321 g/mol. The van der Waals surface area contributed by atoms with Gasteiger partial charge in [-0.25, -0.2) is 0 Å². The quantitative estimate of drug-likeness (QED) is 0.801. The second-order valence-electron chi connectivity index (χ2n) is 5.09. The number of rotatable bonds is 6. The number of hydrogen-bond donors (Lipinski definition) is 2. The average molecular weight is 321 g/mol. The van der Waals surface area contributed by atoms with Crippen LogP contribution in [-0.2, 0) is 11.3 Å². The maximum Gasteiger partial charge on any atom is 0.290 e. The summed E-state index contributed by atoms with van der Waals surface area (Å²) in [5, 5.41) is 19.2. The number of benzene rings is 1. The lowest BCUT2D eigenvalue weighted by Crippen LogP contribution is -2.20. The molecule has 1 aromatic carbocycles. The van der Waals surface area contributed by atoms with Crippen LogP contribution < -0.4 is 0 Å². The van der Waals surface area contributed by atoms with Crippen LogP contribution in [0, 0.1) is 6.92 Å². The number of hydrogen-bond acceptors (Lipinski definition) is 4. The molecular weight excluding hydrogens is 298 g/mol. The molecule has 1 aromatic heterocycles. The fourth-order valence-electron chi connectivity index (χ4n) is 2.07. The van der Waals surface area contributed by atoms with Crippen molar-refractivity contribution in [3.05, 3.63) is 57.8 Å². The molecule has 0 aliphatic rings. The molecule has 0 bridgehead atoms. The van der Waals surface area contributed by atoms with Crippen LogP contribution in [0.1, 0.15) is 28.5 Å². The minimum atomic E-state index is -0.368. The van der Waals surface area contributed by atoms with Crippen LogP contribution in [0.5, 0.6) is 0 Å². The summed E-state index contributed by atoms with van der Waals surface area (Å²) < 4.78 is 0. The lowest BCUT2D eigenvalue weighted by molar-refractivity contribution is -0.122. The van der Waals surface area contributed by atoms with Crippen LogP contribution >= 0.6 is 11.3 Å². The van der Waals surface area contributed by atoms with Crippen molar-refractivity contribution in [2.45, 2.75) is 26.0 Å². The minimum absolute atomic E-state index is 0.250. The molecule has 0 amide bonds. The van der Waals surface area contributed by atoms with E-state index in [0.29, 0.717) is 0 Å². The van der Waals surface area contributed by atoms with Crippen molar-refractivity contribution in [3.63, 3.8) is 0 Å². The van der Waals surface area contributed by atoms with Crippen LogP contribution in [-0.4, -0.2) is 35.2 Å². The predicted molar refractivity (Wildman–Crippen MR) is 90.1 cm³/mol. The maximum atomic E-state index is 10.1. The second kappa shape index (κ2) is 10.1. The highest BCUT2D eigenvalue weighted by molar-refractivity contribution is 7.10. The summed E-state index contributed by atoms with van der Waals surface area (Å²) in [5.74, 6) is 0. The van der Waals surface area contributed by atoms with Crippen molar-refractivity contribution in [1.29, 1.82) is 0 Å². The van der Waals surface area contributed by atoms with Crippen molar-refractivity contribution < 1.29 is 15.0 Å². The van der Waals surface area contributed by atoms with Gasteiger partial charge in [-0.15, -0.1) is 11.3 Å². The first-order chi connectivity index (χ1) is 10.6. The van der Waals surface area contributed by atoms with Crippen molar-refractivity contribution in [2.24, 2.45) is 0 Å². The molecule has 2 aromatic rings. The molecule has 0 spiro atoms. The zero-order valence-electron chi connectivity index (χ0n) is 13.0. The topological polar surface area (TPSA) is 60.8 Å². The van der Waals surface area contributed by atoms with Gasteiger partial charge in [0, 0.05) is 18.0 Å². The van der Waals surface area contributed by atoms with Gasteiger partial charge in [0.1, 0.15) is 0 Å². The molecular formula is C17H23NO3S. The standard InChI is InChI=1S/C16H21NOS.CH2O2/c1-13-9-11-19-16(13)12-17(2)10-8-15(18)14-6-4-3-5-7-14;2-1-3/h3-7,9,11,15,18H,8,10,12H2,1-2H3;1H,(H,2,3)/t15-;/m0./s1. The largest absolute Gasteiger partial charge is 0.483 e. The van der Waals surface area contributed by atoms with Gasteiger partial charge in [0.25, 0.3) is 6.47 Å². The van der Waals surface area contributed by atoms with E-state index >= 15 is 0 Å². The first-order valence-corrected chi connectivity index (χ1v) is 7.98. The van der Waals surface area contributed by atoms with Gasteiger partial charge >= 0.3 is 0 Å². The Labute approximate surface area is 135 Å². The van der Waals surface area contributed by atoms with Gasteiger partial charge in [0.2, 0.25) is 0 Å². The molecule has 120 valence electrons. The molecule has 2 rings (SSSR count). The van der Waals surface area contributed by atoms with Gasteiger partial charge < -0.3 is 15.1 Å². The molecule has 0 unspecified atom stereocenters. The van der Waals surface area contributed by atoms with Crippen molar-refractivity contribution >= 4 is 17.8 Å². The zero-order chi connectivity index (χ0) is 16.4. The molecule has 0 radical (unpaired) electrons. The summed E-state index contributed by atoms with van der Waals surface area (Å²) in [4.78, 5) is 12.0. The minimum Gasteiger partial charge on any atom is -0.483 e. The molecule has 0 saturated carbocycles. The molecule has 5 heteroatoms. The number of aliphatic hydroxyl groups excluding tert-OH is 1. The van der Waals surface area contributed by atoms with E-state index in [1.165, 1.54) is 10.4 Å². The summed E-state index contributed by atoms with van der Waals surface area (Å²) in [6.07, 6.45) is 0.401. The van der Waals surface area contributed by atoms with E-state index in [0.717, 1.165) is 25.1 Å². The first kappa shape index (κ1) is 18.4. The van der Waals surface area contributed by atoms with E-state index in [4.69, 9.17) is 9.90 Å². The Morgan fingerprint density at radius 1 is 1.27 bits per heavy atom. The van der Waals surface area contributed by atoms with Crippen molar-refractivity contribution in [3.8, 4) is 0 Å². The number of aryl methyl sites for hydroxylation is 1. The summed E-state index contributed by atoms with van der Waals surface area (Å²) in [5.41, 5.74) is 2.36. The fraction of sp³-hybridized carbons (Fsp3) is 0.353. The Morgan fingerprint density at radius 3 is 2.45 bits per heavy atom. The van der Waals surface area contributed by atoms with E-state index in [2.05, 4.69) is 30.3 Å². The highest BCUT2D eigenvalue weighted by atomic mass is 32.1. The van der Waals surface area contributed by atoms with Gasteiger partial charge in [-0.1, -0.05) is 30.3 Å². The Balaban J connectivity index is 0.000000745. The van der Waals surface area contributed by atoms with Crippen LogP contribution in [0.2, 0.25) is 0 Å².